The Morgan fingerprint density at radius 1 is 1.16 bits per heavy atom. The van der Waals surface area contributed by atoms with Gasteiger partial charge in [0.05, 0.1) is 19.1 Å². The lowest BCUT2D eigenvalue weighted by molar-refractivity contribution is -0.142. The molecule has 0 spiro atoms. The molecule has 136 valence electrons. The van der Waals surface area contributed by atoms with Crippen molar-refractivity contribution in [1.29, 1.82) is 0 Å². The first-order valence-electron chi connectivity index (χ1n) is 8.68. The van der Waals surface area contributed by atoms with Crippen LogP contribution in [0.2, 0.25) is 5.02 Å². The number of rotatable bonds is 3. The van der Waals surface area contributed by atoms with Crippen LogP contribution in [0.1, 0.15) is 37.4 Å². The van der Waals surface area contributed by atoms with E-state index in [4.69, 9.17) is 21.4 Å². The first-order valence-corrected chi connectivity index (χ1v) is 9.06. The highest BCUT2D eigenvalue weighted by Crippen LogP contribution is 2.26. The van der Waals surface area contributed by atoms with Crippen LogP contribution in [-0.4, -0.2) is 47.7 Å². The van der Waals surface area contributed by atoms with Gasteiger partial charge in [-0.15, -0.1) is 0 Å². The largest absolute Gasteiger partial charge is 0.481 e. The Balaban J connectivity index is 1.52. The van der Waals surface area contributed by atoms with E-state index in [0.717, 1.165) is 5.56 Å². The SMILES string of the molecule is O=C(O)C1CCC(NC(=O)N2CCO[C@@H](c3ccc(Cl)cc3)C2)CC1. The summed E-state index contributed by atoms with van der Waals surface area (Å²) in [5.41, 5.74) is 1.00. The fourth-order valence-corrected chi connectivity index (χ4v) is 3.59. The highest BCUT2D eigenvalue weighted by atomic mass is 35.5. The molecule has 0 aromatic heterocycles. The van der Waals surface area contributed by atoms with E-state index in [1.165, 1.54) is 0 Å². The quantitative estimate of drug-likeness (QED) is 0.861. The van der Waals surface area contributed by atoms with Crippen molar-refractivity contribution in [3.63, 3.8) is 0 Å². The Kier molecular flexibility index (Phi) is 5.81. The van der Waals surface area contributed by atoms with Gasteiger partial charge >= 0.3 is 12.0 Å². The summed E-state index contributed by atoms with van der Waals surface area (Å²) < 4.78 is 5.78. The smallest absolute Gasteiger partial charge is 0.317 e. The number of carboxylic acid groups (broad SMARTS) is 1. The van der Waals surface area contributed by atoms with Crippen LogP contribution in [0, 0.1) is 5.92 Å². The Morgan fingerprint density at radius 2 is 1.84 bits per heavy atom. The van der Waals surface area contributed by atoms with Crippen molar-refractivity contribution >= 4 is 23.6 Å². The van der Waals surface area contributed by atoms with Crippen molar-refractivity contribution in [2.75, 3.05) is 19.7 Å². The second kappa shape index (κ2) is 8.06. The zero-order chi connectivity index (χ0) is 17.8. The van der Waals surface area contributed by atoms with E-state index >= 15 is 0 Å². The molecular formula is C18H23ClN2O4. The Morgan fingerprint density at radius 3 is 2.48 bits per heavy atom. The topological polar surface area (TPSA) is 78.9 Å². The number of ether oxygens (including phenoxy) is 1. The van der Waals surface area contributed by atoms with E-state index in [-0.39, 0.29) is 24.1 Å². The van der Waals surface area contributed by atoms with E-state index in [1.807, 2.05) is 24.3 Å². The normalized spacial score (nSPS) is 26.9. The third-order valence-corrected chi connectivity index (χ3v) is 5.25. The number of amides is 2. The van der Waals surface area contributed by atoms with Crippen LogP contribution >= 0.6 is 11.6 Å². The molecule has 2 amide bonds. The highest BCUT2D eigenvalue weighted by molar-refractivity contribution is 6.30. The summed E-state index contributed by atoms with van der Waals surface area (Å²) in [7, 11) is 0. The van der Waals surface area contributed by atoms with Gasteiger partial charge in [0.2, 0.25) is 0 Å². The molecule has 2 fully saturated rings. The Hall–Kier alpha value is -1.79. The number of carbonyl (C=O) groups excluding carboxylic acids is 1. The fourth-order valence-electron chi connectivity index (χ4n) is 3.46. The predicted molar refractivity (Wildman–Crippen MR) is 93.6 cm³/mol. The van der Waals surface area contributed by atoms with Crippen LogP contribution in [0.3, 0.4) is 0 Å². The van der Waals surface area contributed by atoms with E-state index in [1.54, 1.807) is 4.90 Å². The van der Waals surface area contributed by atoms with Gasteiger partial charge in [-0.25, -0.2) is 4.79 Å². The molecule has 1 saturated heterocycles. The Bertz CT molecular complexity index is 614. The minimum Gasteiger partial charge on any atom is -0.481 e. The van der Waals surface area contributed by atoms with Crippen LogP contribution in [0.15, 0.2) is 24.3 Å². The lowest BCUT2D eigenvalue weighted by Gasteiger charge is -2.35. The molecular weight excluding hydrogens is 344 g/mol. The number of morpholine rings is 1. The molecule has 1 heterocycles. The van der Waals surface area contributed by atoms with Crippen LogP contribution < -0.4 is 5.32 Å². The van der Waals surface area contributed by atoms with Crippen LogP contribution in [0.5, 0.6) is 0 Å². The van der Waals surface area contributed by atoms with Crippen molar-refractivity contribution < 1.29 is 19.4 Å². The second-order valence-electron chi connectivity index (χ2n) is 6.69. The summed E-state index contributed by atoms with van der Waals surface area (Å²) in [6, 6.07) is 7.43. The molecule has 0 unspecified atom stereocenters. The van der Waals surface area contributed by atoms with Gasteiger partial charge in [-0.1, -0.05) is 23.7 Å². The van der Waals surface area contributed by atoms with Crippen molar-refractivity contribution in [3.8, 4) is 0 Å². The van der Waals surface area contributed by atoms with Gasteiger partial charge in [-0.2, -0.15) is 0 Å². The van der Waals surface area contributed by atoms with Gasteiger partial charge in [0.1, 0.15) is 6.10 Å². The van der Waals surface area contributed by atoms with E-state index in [0.29, 0.717) is 50.4 Å². The average Bonchev–Trinajstić information content (AvgIpc) is 2.63. The van der Waals surface area contributed by atoms with Gasteiger partial charge in [0, 0.05) is 17.6 Å². The van der Waals surface area contributed by atoms with Crippen molar-refractivity contribution in [2.24, 2.45) is 5.92 Å². The second-order valence-corrected chi connectivity index (χ2v) is 7.13. The molecule has 1 aromatic carbocycles. The minimum absolute atomic E-state index is 0.0555. The molecule has 1 aliphatic carbocycles. The molecule has 0 radical (unpaired) electrons. The summed E-state index contributed by atoms with van der Waals surface area (Å²) in [5, 5.41) is 12.8. The molecule has 0 bridgehead atoms. The van der Waals surface area contributed by atoms with E-state index < -0.39 is 5.97 Å². The molecule has 6 nitrogen and oxygen atoms in total. The average molecular weight is 367 g/mol. The van der Waals surface area contributed by atoms with Crippen molar-refractivity contribution in [3.05, 3.63) is 34.9 Å². The lowest BCUT2D eigenvalue weighted by atomic mass is 9.86. The first kappa shape index (κ1) is 18.0. The number of carboxylic acids is 1. The Labute approximate surface area is 152 Å². The fraction of sp³-hybridized carbons (Fsp3) is 0.556. The maximum Gasteiger partial charge on any atom is 0.317 e. The van der Waals surface area contributed by atoms with Gasteiger partial charge in [-0.05, 0) is 43.4 Å². The minimum atomic E-state index is -0.733. The monoisotopic (exact) mass is 366 g/mol. The zero-order valence-corrected chi connectivity index (χ0v) is 14.7. The van der Waals surface area contributed by atoms with Crippen molar-refractivity contribution in [2.45, 2.75) is 37.8 Å². The third kappa shape index (κ3) is 4.64. The summed E-state index contributed by atoms with van der Waals surface area (Å²) in [5.74, 6) is -1.01. The molecule has 1 saturated carbocycles. The summed E-state index contributed by atoms with van der Waals surface area (Å²) in [6.07, 6.45) is 2.52. The maximum atomic E-state index is 12.5. The maximum absolute atomic E-state index is 12.5. The molecule has 3 rings (SSSR count). The van der Waals surface area contributed by atoms with Gasteiger partial charge in [-0.3, -0.25) is 4.79 Å². The number of nitrogens with zero attached hydrogens (tertiary/aromatic N) is 1. The first-order chi connectivity index (χ1) is 12.0. The number of benzene rings is 1. The van der Waals surface area contributed by atoms with Crippen LogP contribution in [0.25, 0.3) is 0 Å². The third-order valence-electron chi connectivity index (χ3n) is 5.00. The number of aliphatic carboxylic acids is 1. The summed E-state index contributed by atoms with van der Waals surface area (Å²) >= 11 is 5.92. The van der Waals surface area contributed by atoms with Gasteiger partial charge in [0.15, 0.2) is 0 Å². The number of hydrogen-bond donors (Lipinski definition) is 2. The van der Waals surface area contributed by atoms with Gasteiger partial charge < -0.3 is 20.1 Å². The van der Waals surface area contributed by atoms with E-state index in [2.05, 4.69) is 5.32 Å². The number of hydrogen-bond acceptors (Lipinski definition) is 3. The number of halogens is 1. The highest BCUT2D eigenvalue weighted by Gasteiger charge is 2.30. The van der Waals surface area contributed by atoms with Gasteiger partial charge in [0.25, 0.3) is 0 Å². The molecule has 1 aliphatic heterocycles. The van der Waals surface area contributed by atoms with Crippen LogP contribution in [0.4, 0.5) is 4.79 Å². The standard InChI is InChI=1S/C18H23ClN2O4/c19-14-5-1-12(2-6-14)16-11-21(9-10-25-16)18(24)20-15-7-3-13(4-8-15)17(22)23/h1-2,5-6,13,15-16H,3-4,7-11H2,(H,20,24)(H,22,23)/t13?,15?,16-/m1/s1. The van der Waals surface area contributed by atoms with Crippen LogP contribution in [-0.2, 0) is 9.53 Å². The molecule has 7 heteroatoms. The predicted octanol–water partition coefficient (Wildman–Crippen LogP) is 3.07. The van der Waals surface area contributed by atoms with Crippen molar-refractivity contribution in [1.82, 2.24) is 10.2 Å². The number of carbonyl (C=O) groups is 2. The van der Waals surface area contributed by atoms with E-state index in [9.17, 15) is 9.59 Å². The molecule has 1 aromatic rings. The molecule has 25 heavy (non-hydrogen) atoms. The number of nitrogens with one attached hydrogen (secondary N) is 1. The molecule has 2 N–H and O–H groups in total. The lowest BCUT2D eigenvalue weighted by Crippen LogP contribution is -2.50. The summed E-state index contributed by atoms with van der Waals surface area (Å²) in [6.45, 7) is 1.55. The number of urea groups is 1. The molecule has 2 aliphatic rings. The summed E-state index contributed by atoms with van der Waals surface area (Å²) in [4.78, 5) is 25.3. The zero-order valence-electron chi connectivity index (χ0n) is 14.0. The molecule has 1 atom stereocenters.